The smallest absolute Gasteiger partial charge is 0.412 e. The molecule has 0 spiro atoms. The van der Waals surface area contributed by atoms with Crippen LogP contribution in [0.3, 0.4) is 0 Å². The second kappa shape index (κ2) is 26.9. The minimum atomic E-state index is -4.56. The van der Waals surface area contributed by atoms with Gasteiger partial charge in [-0.3, -0.25) is 19.2 Å². The van der Waals surface area contributed by atoms with E-state index in [4.69, 9.17) is 9.47 Å². The standard InChI is InChI=1S/C27H38F3NO5S.C27H41NO5S/c1-15-8-7-9-19(27(28,29)30)10-11-21(16(2)12-20-14-37-18(4)31-20)36-23(33)13-22(32)26(5,6)25(35)17(3)24(15)34;1-16-9-8-10-17(2)25(31)19(4)26(32)27(6,7)23(29)14-24(30)33-22(12-11-16)18(3)13-21-15-34-20(5)28-21/h10,12,14-15,17,21-22,24,32,34H,7-9,11,13H2,1-6H3;11,13,15,17,19,22-23,25,29,31H,8-10,12,14H2,1-7H3/b16-12+,19-10+;16-11-,18-13+/t15-,17+,21-,22-,24-;17-,19+,22-,23-,25-/m00/s1. The molecular formula is C54H79F3N2O10S2. The van der Waals surface area contributed by atoms with Crippen molar-refractivity contribution in [3.8, 4) is 0 Å². The van der Waals surface area contributed by atoms with E-state index in [0.29, 0.717) is 17.7 Å². The van der Waals surface area contributed by atoms with E-state index in [1.165, 1.54) is 37.7 Å². The highest BCUT2D eigenvalue weighted by atomic mass is 32.1. The molecule has 0 bridgehead atoms. The van der Waals surface area contributed by atoms with Crippen LogP contribution in [0, 0.1) is 48.3 Å². The second-order valence-corrected chi connectivity index (χ2v) is 23.1. The van der Waals surface area contributed by atoms with Gasteiger partial charge in [-0.05, 0) is 108 Å². The zero-order valence-corrected chi connectivity index (χ0v) is 45.5. The van der Waals surface area contributed by atoms with E-state index in [2.05, 4.69) is 23.0 Å². The van der Waals surface area contributed by atoms with Crippen LogP contribution in [-0.2, 0) is 28.7 Å². The Morgan fingerprint density at radius 1 is 0.662 bits per heavy atom. The van der Waals surface area contributed by atoms with Gasteiger partial charge in [0.2, 0.25) is 0 Å². The van der Waals surface area contributed by atoms with Crippen molar-refractivity contribution in [2.24, 2.45) is 34.5 Å². The number of alkyl halides is 3. The summed E-state index contributed by atoms with van der Waals surface area (Å²) >= 11 is 2.98. The highest BCUT2D eigenvalue weighted by Crippen LogP contribution is 2.36. The molecule has 2 aliphatic rings. The summed E-state index contributed by atoms with van der Waals surface area (Å²) in [5.74, 6) is -4.06. The summed E-state index contributed by atoms with van der Waals surface area (Å²) in [6, 6.07) is 0. The summed E-state index contributed by atoms with van der Waals surface area (Å²) < 4.78 is 52.7. The number of ether oxygens (including phenoxy) is 2. The molecule has 0 amide bonds. The molecule has 0 unspecified atom stereocenters. The summed E-state index contributed by atoms with van der Waals surface area (Å²) in [5, 5.41) is 48.6. The van der Waals surface area contributed by atoms with Crippen LogP contribution in [0.25, 0.3) is 12.2 Å². The van der Waals surface area contributed by atoms with Crippen molar-refractivity contribution < 1.29 is 62.2 Å². The molecule has 71 heavy (non-hydrogen) atoms. The fourth-order valence-electron chi connectivity index (χ4n) is 8.91. The monoisotopic (exact) mass is 1040 g/mol. The number of carbonyl (C=O) groups is 4. The highest BCUT2D eigenvalue weighted by molar-refractivity contribution is 7.09. The summed E-state index contributed by atoms with van der Waals surface area (Å²) in [5.41, 5.74) is 0.742. The van der Waals surface area contributed by atoms with Gasteiger partial charge in [-0.15, -0.1) is 22.7 Å². The molecule has 4 rings (SSSR count). The van der Waals surface area contributed by atoms with Gasteiger partial charge in [-0.1, -0.05) is 73.1 Å². The van der Waals surface area contributed by atoms with Crippen LogP contribution < -0.4 is 0 Å². The number of rotatable bonds is 4. The first-order valence-electron chi connectivity index (χ1n) is 24.7. The third-order valence-electron chi connectivity index (χ3n) is 14.2. The Bertz CT molecular complexity index is 2240. The topological polar surface area (TPSA) is 193 Å². The molecule has 0 fully saturated rings. The van der Waals surface area contributed by atoms with Gasteiger partial charge >= 0.3 is 18.1 Å². The molecule has 4 heterocycles. The summed E-state index contributed by atoms with van der Waals surface area (Å²) in [6.45, 7) is 22.6. The van der Waals surface area contributed by atoms with E-state index in [0.717, 1.165) is 46.6 Å². The van der Waals surface area contributed by atoms with E-state index >= 15 is 0 Å². The van der Waals surface area contributed by atoms with Crippen LogP contribution in [0.5, 0.6) is 0 Å². The van der Waals surface area contributed by atoms with E-state index in [1.54, 1.807) is 57.4 Å². The van der Waals surface area contributed by atoms with Gasteiger partial charge in [-0.25, -0.2) is 9.97 Å². The average Bonchev–Trinajstić information content (AvgIpc) is 3.90. The minimum Gasteiger partial charge on any atom is -0.457 e. The van der Waals surface area contributed by atoms with Crippen LogP contribution >= 0.6 is 22.7 Å². The Balaban J connectivity index is 0.000000377. The normalized spacial score (nSPS) is 31.5. The molecule has 10 atom stereocenters. The number of ketones is 2. The predicted molar refractivity (Wildman–Crippen MR) is 273 cm³/mol. The Morgan fingerprint density at radius 2 is 1.04 bits per heavy atom. The third-order valence-corrected chi connectivity index (χ3v) is 15.8. The number of hydrogen-bond acceptors (Lipinski definition) is 14. The van der Waals surface area contributed by atoms with Gasteiger partial charge < -0.3 is 29.9 Å². The number of cyclic esters (lactones) is 2. The lowest BCUT2D eigenvalue weighted by molar-refractivity contribution is -0.155. The van der Waals surface area contributed by atoms with Crippen molar-refractivity contribution in [3.63, 3.8) is 0 Å². The minimum absolute atomic E-state index is 0.0444. The molecule has 12 nitrogen and oxygen atoms in total. The van der Waals surface area contributed by atoms with Crippen molar-refractivity contribution in [3.05, 3.63) is 66.6 Å². The van der Waals surface area contributed by atoms with Gasteiger partial charge in [0.05, 0.1) is 69.5 Å². The maximum Gasteiger partial charge on any atom is 0.412 e. The van der Waals surface area contributed by atoms with Gasteiger partial charge in [0.25, 0.3) is 0 Å². The van der Waals surface area contributed by atoms with Crippen LogP contribution in [0.2, 0.25) is 0 Å². The Labute approximate surface area is 427 Å². The number of hydrogen-bond donors (Lipinski definition) is 4. The molecular weight excluding hydrogens is 958 g/mol. The fourth-order valence-corrected chi connectivity index (χ4v) is 10.1. The lowest BCUT2D eigenvalue weighted by Crippen LogP contribution is -2.45. The molecule has 0 saturated carbocycles. The van der Waals surface area contributed by atoms with Crippen LogP contribution in [0.1, 0.15) is 162 Å². The summed E-state index contributed by atoms with van der Waals surface area (Å²) in [4.78, 5) is 60.7. The summed E-state index contributed by atoms with van der Waals surface area (Å²) in [7, 11) is 0. The number of aryl methyl sites for hydroxylation is 2. The van der Waals surface area contributed by atoms with Crippen molar-refractivity contribution in [1.29, 1.82) is 0 Å². The highest BCUT2D eigenvalue weighted by Gasteiger charge is 2.44. The lowest BCUT2D eigenvalue weighted by Gasteiger charge is -2.34. The maximum atomic E-state index is 13.8. The molecule has 4 N–H and O–H groups in total. The number of esters is 2. The first kappa shape index (κ1) is 61.4. The number of carbonyl (C=O) groups excluding carboxylic acids is 4. The molecule has 2 aromatic heterocycles. The molecule has 398 valence electrons. The number of aliphatic hydroxyl groups is 4. The van der Waals surface area contributed by atoms with E-state index in [1.807, 2.05) is 39.2 Å². The Hall–Kier alpha value is -3.87. The average molecular weight is 1040 g/mol. The van der Waals surface area contributed by atoms with E-state index < -0.39 is 101 Å². The predicted octanol–water partition coefficient (Wildman–Crippen LogP) is 11.1. The van der Waals surface area contributed by atoms with Crippen molar-refractivity contribution in [2.45, 2.75) is 197 Å². The van der Waals surface area contributed by atoms with Gasteiger partial charge in [0, 0.05) is 41.0 Å². The molecule has 0 aromatic carbocycles. The molecule has 0 aliphatic carbocycles. The van der Waals surface area contributed by atoms with E-state index in [-0.39, 0.29) is 43.8 Å². The van der Waals surface area contributed by atoms with Crippen LogP contribution in [0.15, 0.2) is 45.2 Å². The van der Waals surface area contributed by atoms with Gasteiger partial charge in [0.15, 0.2) is 0 Å². The number of allylic oxidation sites excluding steroid dienone is 2. The van der Waals surface area contributed by atoms with Crippen LogP contribution in [-0.4, -0.2) is 96.7 Å². The van der Waals surface area contributed by atoms with Crippen molar-refractivity contribution >= 4 is 58.3 Å². The molecule has 2 aliphatic heterocycles. The zero-order valence-electron chi connectivity index (χ0n) is 43.9. The number of nitrogens with zero attached hydrogens (tertiary/aromatic N) is 2. The number of Topliss-reactive ketones (excluding diaryl/α,β-unsaturated/α-hetero) is 2. The van der Waals surface area contributed by atoms with Crippen molar-refractivity contribution in [2.75, 3.05) is 0 Å². The SMILES string of the molecule is C/C(=C\c1csc(C)n1)[C@@H]1C/C=C(/C(F)(F)F)CCC[C@H](C)[C@H](O)[C@@H](C)C(=O)C(C)(C)[C@@H](O)CC(=O)O1.C/C1=C/C[C@@H](/C(C)=C/c2csc(C)n2)OC(=O)C[C@H](O)C(C)(C)C(=O)[C@H](C)[C@@H](O)[C@@H](C)CCC1. The Morgan fingerprint density at radius 3 is 1.41 bits per heavy atom. The number of thiazole rings is 2. The molecule has 0 saturated heterocycles. The number of halogens is 3. The molecule has 0 radical (unpaired) electrons. The first-order chi connectivity index (χ1) is 32.9. The van der Waals surface area contributed by atoms with Crippen LogP contribution in [0.4, 0.5) is 13.2 Å². The van der Waals surface area contributed by atoms with Crippen molar-refractivity contribution in [1.82, 2.24) is 9.97 Å². The molecule has 2 aromatic rings. The summed E-state index contributed by atoms with van der Waals surface area (Å²) in [6.07, 6.45) is -1.56. The Kier molecular flexibility index (Phi) is 23.3. The quantitative estimate of drug-likeness (QED) is 0.168. The largest absolute Gasteiger partial charge is 0.457 e. The maximum absolute atomic E-state index is 13.8. The third kappa shape index (κ3) is 18.2. The lowest BCUT2D eigenvalue weighted by atomic mass is 9.73. The van der Waals surface area contributed by atoms with Gasteiger partial charge in [0.1, 0.15) is 23.8 Å². The fraction of sp³-hybridized carbons (Fsp3) is 0.667. The number of aromatic nitrogens is 2. The first-order valence-corrected chi connectivity index (χ1v) is 26.4. The van der Waals surface area contributed by atoms with E-state index in [9.17, 15) is 52.8 Å². The zero-order chi connectivity index (χ0) is 53.8. The second-order valence-electron chi connectivity index (χ2n) is 21.0. The molecule has 17 heteroatoms. The number of aliphatic hydroxyl groups excluding tert-OH is 4. The van der Waals surface area contributed by atoms with Gasteiger partial charge in [-0.2, -0.15) is 13.2 Å².